The van der Waals surface area contributed by atoms with E-state index in [0.717, 1.165) is 28.1 Å². The first-order valence-corrected chi connectivity index (χ1v) is 8.57. The van der Waals surface area contributed by atoms with Crippen molar-refractivity contribution in [3.05, 3.63) is 95.3 Å². The molecule has 1 aliphatic rings. The Bertz CT molecular complexity index is 922. The van der Waals surface area contributed by atoms with E-state index in [-0.39, 0.29) is 11.8 Å². The van der Waals surface area contributed by atoms with E-state index in [0.29, 0.717) is 0 Å². The van der Waals surface area contributed by atoms with Gasteiger partial charge in [-0.2, -0.15) is 0 Å². The van der Waals surface area contributed by atoms with Crippen molar-refractivity contribution in [1.29, 1.82) is 0 Å². The predicted octanol–water partition coefficient (Wildman–Crippen LogP) is 4.07. The third-order valence-electron chi connectivity index (χ3n) is 5.14. The lowest BCUT2D eigenvalue weighted by atomic mass is 9.80. The number of nitrogens with zero attached hydrogens (tertiary/aromatic N) is 1. The zero-order valence-electron chi connectivity index (χ0n) is 14.4. The van der Waals surface area contributed by atoms with Crippen LogP contribution in [0.5, 0.6) is 5.75 Å². The van der Waals surface area contributed by atoms with Crippen LogP contribution in [0.2, 0.25) is 0 Å². The van der Waals surface area contributed by atoms with Crippen molar-refractivity contribution >= 4 is 5.97 Å². The third kappa shape index (κ3) is 2.64. The number of carbonyl (C=O) groups is 1. The van der Waals surface area contributed by atoms with Gasteiger partial charge in [0.15, 0.2) is 0 Å². The Labute approximate surface area is 152 Å². The number of hydrogen-bond donors (Lipinski definition) is 1. The molecule has 0 saturated heterocycles. The van der Waals surface area contributed by atoms with Gasteiger partial charge >= 0.3 is 5.97 Å². The molecule has 0 bridgehead atoms. The molecule has 3 unspecified atom stereocenters. The fourth-order valence-corrected chi connectivity index (χ4v) is 4.02. The number of fused-ring (bicyclic) bond motifs is 1. The van der Waals surface area contributed by atoms with Crippen molar-refractivity contribution < 1.29 is 14.6 Å². The molecule has 130 valence electrons. The Morgan fingerprint density at radius 2 is 1.62 bits per heavy atom. The van der Waals surface area contributed by atoms with Crippen molar-refractivity contribution in [2.24, 2.45) is 5.92 Å². The fraction of sp³-hybridized carbons (Fsp3) is 0.182. The molecule has 0 saturated carbocycles. The van der Waals surface area contributed by atoms with Crippen LogP contribution in [0.15, 0.2) is 72.9 Å². The summed E-state index contributed by atoms with van der Waals surface area (Å²) in [5.74, 6) is -1.17. The molecule has 4 heteroatoms. The summed E-state index contributed by atoms with van der Waals surface area (Å²) in [4.78, 5) is 16.9. The fourth-order valence-electron chi connectivity index (χ4n) is 4.02. The van der Waals surface area contributed by atoms with Crippen LogP contribution in [0.1, 0.15) is 34.2 Å². The molecule has 26 heavy (non-hydrogen) atoms. The van der Waals surface area contributed by atoms with Crippen LogP contribution in [-0.4, -0.2) is 23.2 Å². The van der Waals surface area contributed by atoms with E-state index in [2.05, 4.69) is 4.98 Å². The number of benzene rings is 2. The molecule has 0 fully saturated rings. The number of methoxy groups -OCH3 is 1. The molecule has 4 rings (SSSR count). The van der Waals surface area contributed by atoms with Crippen molar-refractivity contribution in [3.8, 4) is 5.75 Å². The normalized spacial score (nSPS) is 21.2. The molecule has 1 aromatic heterocycles. The highest BCUT2D eigenvalue weighted by molar-refractivity contribution is 5.77. The standard InChI is InChI=1S/C22H19NO3/c1-26-16-11-9-15(10-12-16)19-20(22(24)25)18(14-6-3-2-4-7-14)17-8-5-13-23-21(17)19/h2-13,18-20H,1H3,(H,24,25). The van der Waals surface area contributed by atoms with Gasteiger partial charge in [0, 0.05) is 18.0 Å². The Balaban J connectivity index is 1.89. The van der Waals surface area contributed by atoms with Crippen molar-refractivity contribution in [2.75, 3.05) is 7.11 Å². The van der Waals surface area contributed by atoms with Gasteiger partial charge in [0.2, 0.25) is 0 Å². The highest BCUT2D eigenvalue weighted by Gasteiger charge is 2.47. The van der Waals surface area contributed by atoms with E-state index < -0.39 is 11.9 Å². The van der Waals surface area contributed by atoms with Crippen LogP contribution in [0.3, 0.4) is 0 Å². The number of carboxylic acid groups (broad SMARTS) is 1. The first-order chi connectivity index (χ1) is 12.7. The average Bonchev–Trinajstić information content (AvgIpc) is 3.04. The second-order valence-electron chi connectivity index (χ2n) is 6.48. The molecule has 2 aromatic carbocycles. The SMILES string of the molecule is COc1ccc(C2c3ncccc3C(c3ccccc3)C2C(=O)O)cc1. The molecule has 1 aliphatic carbocycles. The number of rotatable bonds is 4. The van der Waals surface area contributed by atoms with Crippen LogP contribution in [0.4, 0.5) is 0 Å². The summed E-state index contributed by atoms with van der Waals surface area (Å²) in [5, 5.41) is 10.1. The molecule has 0 amide bonds. The van der Waals surface area contributed by atoms with Crippen molar-refractivity contribution in [1.82, 2.24) is 4.98 Å². The number of pyridine rings is 1. The van der Waals surface area contributed by atoms with E-state index in [1.807, 2.05) is 66.7 Å². The minimum Gasteiger partial charge on any atom is -0.497 e. The van der Waals surface area contributed by atoms with Gasteiger partial charge in [-0.05, 0) is 34.9 Å². The molecule has 1 heterocycles. The molecule has 0 aliphatic heterocycles. The maximum atomic E-state index is 12.3. The molecule has 1 N–H and O–H groups in total. The van der Waals surface area contributed by atoms with Gasteiger partial charge in [0.1, 0.15) is 5.75 Å². The summed E-state index contributed by atoms with van der Waals surface area (Å²) < 4.78 is 5.23. The van der Waals surface area contributed by atoms with Gasteiger partial charge < -0.3 is 9.84 Å². The Morgan fingerprint density at radius 1 is 0.923 bits per heavy atom. The van der Waals surface area contributed by atoms with Gasteiger partial charge in [-0.25, -0.2) is 0 Å². The highest BCUT2D eigenvalue weighted by Crippen LogP contribution is 2.51. The number of hydrogen-bond acceptors (Lipinski definition) is 3. The number of carboxylic acids is 1. The lowest BCUT2D eigenvalue weighted by Crippen LogP contribution is -2.24. The second kappa shape index (κ2) is 6.64. The monoisotopic (exact) mass is 345 g/mol. The minimum absolute atomic E-state index is 0.218. The Hall–Kier alpha value is -3.14. The maximum absolute atomic E-state index is 12.3. The summed E-state index contributed by atoms with van der Waals surface area (Å²) >= 11 is 0. The predicted molar refractivity (Wildman–Crippen MR) is 98.5 cm³/mol. The Kier molecular flexibility index (Phi) is 4.17. The van der Waals surface area contributed by atoms with Crippen molar-refractivity contribution in [2.45, 2.75) is 11.8 Å². The molecule has 3 atom stereocenters. The number of ether oxygens (including phenoxy) is 1. The first kappa shape index (κ1) is 16.3. The van der Waals surface area contributed by atoms with Crippen molar-refractivity contribution in [3.63, 3.8) is 0 Å². The summed E-state index contributed by atoms with van der Waals surface area (Å²) in [6.45, 7) is 0. The van der Waals surface area contributed by atoms with E-state index in [1.165, 1.54) is 0 Å². The van der Waals surface area contributed by atoms with Crippen LogP contribution in [0, 0.1) is 5.92 Å². The van der Waals surface area contributed by atoms with E-state index in [4.69, 9.17) is 4.74 Å². The third-order valence-corrected chi connectivity index (χ3v) is 5.14. The van der Waals surface area contributed by atoms with Gasteiger partial charge in [-0.3, -0.25) is 9.78 Å². The van der Waals surface area contributed by atoms with Gasteiger partial charge in [-0.1, -0.05) is 48.5 Å². The van der Waals surface area contributed by atoms with Gasteiger partial charge in [0.25, 0.3) is 0 Å². The molecular formula is C22H19NO3. The van der Waals surface area contributed by atoms with Gasteiger partial charge in [-0.15, -0.1) is 0 Å². The molecule has 4 nitrogen and oxygen atoms in total. The smallest absolute Gasteiger partial charge is 0.308 e. The lowest BCUT2D eigenvalue weighted by molar-refractivity contribution is -0.142. The highest BCUT2D eigenvalue weighted by atomic mass is 16.5. The minimum atomic E-state index is -0.808. The molecule has 3 aromatic rings. The zero-order valence-corrected chi connectivity index (χ0v) is 14.4. The average molecular weight is 345 g/mol. The number of aromatic nitrogens is 1. The molecule has 0 radical (unpaired) electrons. The zero-order chi connectivity index (χ0) is 18.1. The quantitative estimate of drug-likeness (QED) is 0.774. The van der Waals surface area contributed by atoms with Crippen LogP contribution in [0.25, 0.3) is 0 Å². The van der Waals surface area contributed by atoms with Crippen LogP contribution in [-0.2, 0) is 4.79 Å². The first-order valence-electron chi connectivity index (χ1n) is 8.57. The summed E-state index contributed by atoms with van der Waals surface area (Å²) in [7, 11) is 1.62. The van der Waals surface area contributed by atoms with E-state index in [1.54, 1.807) is 13.3 Å². The van der Waals surface area contributed by atoms with Crippen LogP contribution < -0.4 is 4.74 Å². The Morgan fingerprint density at radius 3 is 2.27 bits per heavy atom. The summed E-state index contributed by atoms with van der Waals surface area (Å²) in [6.07, 6.45) is 1.74. The van der Waals surface area contributed by atoms with Crippen LogP contribution >= 0.6 is 0 Å². The lowest BCUT2D eigenvalue weighted by Gasteiger charge is -2.22. The summed E-state index contributed by atoms with van der Waals surface area (Å²) in [6, 6.07) is 21.3. The number of aliphatic carboxylic acids is 1. The molecule has 0 spiro atoms. The topological polar surface area (TPSA) is 59.4 Å². The molecular weight excluding hydrogens is 326 g/mol. The van der Waals surface area contributed by atoms with E-state index >= 15 is 0 Å². The van der Waals surface area contributed by atoms with Gasteiger partial charge in [0.05, 0.1) is 18.7 Å². The second-order valence-corrected chi connectivity index (χ2v) is 6.48. The maximum Gasteiger partial charge on any atom is 0.308 e. The van der Waals surface area contributed by atoms with E-state index in [9.17, 15) is 9.90 Å². The largest absolute Gasteiger partial charge is 0.497 e. The summed E-state index contributed by atoms with van der Waals surface area (Å²) in [5.41, 5.74) is 3.78.